The molecular formula is C4H4ClF3. The van der Waals surface area contributed by atoms with Crippen LogP contribution in [-0.2, 0) is 0 Å². The average Bonchev–Trinajstić information content (AvgIpc) is 1.67. The molecule has 0 saturated carbocycles. The molecule has 0 aromatic carbocycles. The highest BCUT2D eigenvalue weighted by atomic mass is 35.5. The highest BCUT2D eigenvalue weighted by molar-refractivity contribution is 6.29. The zero-order valence-electron chi connectivity index (χ0n) is 3.93. The fourth-order valence-electron chi connectivity index (χ4n) is 0.177. The van der Waals surface area contributed by atoms with Crippen molar-refractivity contribution in [3.05, 3.63) is 11.1 Å². The third-order valence-corrected chi connectivity index (χ3v) is 0.851. The van der Waals surface area contributed by atoms with Crippen LogP contribution in [0.4, 0.5) is 13.2 Å². The van der Waals surface area contributed by atoms with Crippen LogP contribution in [0.25, 0.3) is 0 Å². The largest absolute Gasteiger partial charge is 0.284 e. The fraction of sp³-hybridized carbons (Fsp3) is 0.500. The minimum atomic E-state index is -2.00. The molecule has 0 amide bonds. The molecule has 8 heavy (non-hydrogen) atoms. The SMILES string of the molecule is FCCC(Cl)=C(F)F. The summed E-state index contributed by atoms with van der Waals surface area (Å²) < 4.78 is 33.5. The van der Waals surface area contributed by atoms with Crippen LogP contribution in [-0.4, -0.2) is 6.67 Å². The van der Waals surface area contributed by atoms with Gasteiger partial charge in [-0.3, -0.25) is 4.39 Å². The van der Waals surface area contributed by atoms with Gasteiger partial charge in [-0.1, -0.05) is 11.6 Å². The Hall–Kier alpha value is -0.180. The molecule has 0 aromatic heterocycles. The van der Waals surface area contributed by atoms with Crippen LogP contribution in [0.3, 0.4) is 0 Å². The number of hydrogen-bond donors (Lipinski definition) is 0. The molecule has 0 spiro atoms. The first-order chi connectivity index (χ1) is 3.68. The molecule has 4 heteroatoms. The number of halogens is 4. The molecule has 0 saturated heterocycles. The number of alkyl halides is 1. The summed E-state index contributed by atoms with van der Waals surface area (Å²) in [5.74, 6) is 0. The molecular weight excluding hydrogens is 140 g/mol. The summed E-state index contributed by atoms with van der Waals surface area (Å²) >= 11 is 4.81. The molecule has 0 atom stereocenters. The Kier molecular flexibility index (Phi) is 3.69. The zero-order valence-corrected chi connectivity index (χ0v) is 4.68. The van der Waals surface area contributed by atoms with Gasteiger partial charge in [0.05, 0.1) is 11.7 Å². The molecule has 0 aliphatic rings. The van der Waals surface area contributed by atoms with Crippen molar-refractivity contribution in [3.63, 3.8) is 0 Å². The lowest BCUT2D eigenvalue weighted by molar-refractivity contribution is 0.407. The maximum atomic E-state index is 11.2. The normalized spacial score (nSPS) is 9.00. The Morgan fingerprint density at radius 1 is 1.38 bits per heavy atom. The second-order valence-corrected chi connectivity index (χ2v) is 1.56. The van der Waals surface area contributed by atoms with Crippen molar-refractivity contribution >= 4 is 11.6 Å². The summed E-state index contributed by atoms with van der Waals surface area (Å²) in [7, 11) is 0. The van der Waals surface area contributed by atoms with E-state index in [9.17, 15) is 13.2 Å². The summed E-state index contributed by atoms with van der Waals surface area (Å²) in [5.41, 5.74) is 0. The van der Waals surface area contributed by atoms with Crippen molar-refractivity contribution in [1.82, 2.24) is 0 Å². The van der Waals surface area contributed by atoms with Crippen LogP contribution in [0.1, 0.15) is 6.42 Å². The number of allylic oxidation sites excluding steroid dienone is 1. The first kappa shape index (κ1) is 7.82. The molecule has 0 nitrogen and oxygen atoms in total. The van der Waals surface area contributed by atoms with Crippen molar-refractivity contribution < 1.29 is 13.2 Å². The third kappa shape index (κ3) is 2.91. The average molecular weight is 145 g/mol. The van der Waals surface area contributed by atoms with E-state index < -0.39 is 17.8 Å². The maximum absolute atomic E-state index is 11.2. The van der Waals surface area contributed by atoms with Gasteiger partial charge in [0.1, 0.15) is 0 Å². The number of hydrogen-bond acceptors (Lipinski definition) is 0. The van der Waals surface area contributed by atoms with Crippen LogP contribution in [0.2, 0.25) is 0 Å². The van der Waals surface area contributed by atoms with Crippen LogP contribution < -0.4 is 0 Å². The molecule has 0 aromatic rings. The van der Waals surface area contributed by atoms with E-state index in [2.05, 4.69) is 0 Å². The third-order valence-electron chi connectivity index (χ3n) is 0.519. The second kappa shape index (κ2) is 3.78. The molecule has 0 aliphatic heterocycles. The Labute approximate surface area is 49.9 Å². The van der Waals surface area contributed by atoms with Gasteiger partial charge in [0, 0.05) is 6.42 Å². The fourth-order valence-corrected chi connectivity index (χ4v) is 0.249. The minimum Gasteiger partial charge on any atom is -0.251 e. The second-order valence-electron chi connectivity index (χ2n) is 1.10. The lowest BCUT2D eigenvalue weighted by Crippen LogP contribution is -1.76. The summed E-state index contributed by atoms with van der Waals surface area (Å²) in [6.07, 6.45) is -2.38. The quantitative estimate of drug-likeness (QED) is 0.559. The summed E-state index contributed by atoms with van der Waals surface area (Å²) in [5, 5.41) is -0.687. The Morgan fingerprint density at radius 2 is 1.88 bits per heavy atom. The van der Waals surface area contributed by atoms with E-state index in [4.69, 9.17) is 11.6 Å². The van der Waals surface area contributed by atoms with Gasteiger partial charge in [-0.05, 0) is 0 Å². The van der Waals surface area contributed by atoms with Crippen molar-refractivity contribution in [1.29, 1.82) is 0 Å². The minimum absolute atomic E-state index is 0.385. The van der Waals surface area contributed by atoms with E-state index >= 15 is 0 Å². The predicted octanol–water partition coefficient (Wildman–Crippen LogP) is 2.69. The van der Waals surface area contributed by atoms with Gasteiger partial charge in [-0.2, -0.15) is 8.78 Å². The Bertz CT molecular complexity index is 95.5. The van der Waals surface area contributed by atoms with Gasteiger partial charge in [0.25, 0.3) is 6.08 Å². The van der Waals surface area contributed by atoms with Crippen molar-refractivity contribution in [2.24, 2.45) is 0 Å². The molecule has 0 bridgehead atoms. The van der Waals surface area contributed by atoms with Gasteiger partial charge < -0.3 is 0 Å². The van der Waals surface area contributed by atoms with E-state index in [1.54, 1.807) is 0 Å². The van der Waals surface area contributed by atoms with Gasteiger partial charge in [0.15, 0.2) is 0 Å². The topological polar surface area (TPSA) is 0 Å². The van der Waals surface area contributed by atoms with Crippen molar-refractivity contribution in [3.8, 4) is 0 Å². The van der Waals surface area contributed by atoms with E-state index in [1.807, 2.05) is 0 Å². The highest BCUT2D eigenvalue weighted by Gasteiger charge is 1.99. The molecule has 0 rings (SSSR count). The van der Waals surface area contributed by atoms with Gasteiger partial charge in [-0.25, -0.2) is 0 Å². The van der Waals surface area contributed by atoms with Crippen LogP contribution in [0, 0.1) is 0 Å². The summed E-state index contributed by atoms with van der Waals surface area (Å²) in [6, 6.07) is 0. The molecule has 0 radical (unpaired) electrons. The Balaban J connectivity index is 3.62. The standard InChI is InChI=1S/C4H4ClF3/c5-3(1-2-6)4(7)8/h1-2H2. The summed E-state index contributed by atoms with van der Waals surface area (Å²) in [6.45, 7) is -0.837. The molecule has 0 unspecified atom stereocenters. The van der Waals surface area contributed by atoms with Crippen molar-refractivity contribution in [2.45, 2.75) is 6.42 Å². The lowest BCUT2D eigenvalue weighted by atomic mass is 10.4. The van der Waals surface area contributed by atoms with Gasteiger partial charge in [-0.15, -0.1) is 0 Å². The maximum Gasteiger partial charge on any atom is 0.284 e. The van der Waals surface area contributed by atoms with Crippen LogP contribution >= 0.6 is 11.6 Å². The molecule has 0 fully saturated rings. The van der Waals surface area contributed by atoms with Crippen LogP contribution in [0.15, 0.2) is 11.1 Å². The van der Waals surface area contributed by atoms with E-state index in [-0.39, 0.29) is 6.42 Å². The van der Waals surface area contributed by atoms with E-state index in [0.717, 1.165) is 0 Å². The van der Waals surface area contributed by atoms with Crippen molar-refractivity contribution in [2.75, 3.05) is 6.67 Å². The Morgan fingerprint density at radius 3 is 2.00 bits per heavy atom. The zero-order chi connectivity index (χ0) is 6.57. The van der Waals surface area contributed by atoms with E-state index in [1.165, 1.54) is 0 Å². The number of rotatable bonds is 2. The summed E-state index contributed by atoms with van der Waals surface area (Å²) in [4.78, 5) is 0. The highest BCUT2D eigenvalue weighted by Crippen LogP contribution is 2.15. The van der Waals surface area contributed by atoms with Gasteiger partial charge in [0.2, 0.25) is 0 Å². The molecule has 0 aliphatic carbocycles. The smallest absolute Gasteiger partial charge is 0.251 e. The molecule has 0 N–H and O–H groups in total. The van der Waals surface area contributed by atoms with Crippen LogP contribution in [0.5, 0.6) is 0 Å². The first-order valence-electron chi connectivity index (χ1n) is 1.94. The molecule has 0 heterocycles. The first-order valence-corrected chi connectivity index (χ1v) is 2.32. The lowest BCUT2D eigenvalue weighted by Gasteiger charge is -1.87. The monoisotopic (exact) mass is 144 g/mol. The molecule has 48 valence electrons. The van der Waals surface area contributed by atoms with E-state index in [0.29, 0.717) is 0 Å². The van der Waals surface area contributed by atoms with Gasteiger partial charge >= 0.3 is 0 Å². The predicted molar refractivity (Wildman–Crippen MR) is 25.7 cm³/mol.